The first-order valence-corrected chi connectivity index (χ1v) is 8.97. The molecule has 0 aromatic heterocycles. The standard InChI is InChI=1S/C21H26N2O3/c1-4-14-22-20(24)16-11-7-8-12-17(16)23-21(25)18(5-2)26-19-13-9-6-10-15(19)3/h6-13,18H,4-5,14H2,1-3H3,(H,22,24)(H,23,25)/t18-/m0/s1. The van der Waals surface area contributed by atoms with Crippen LogP contribution in [0.15, 0.2) is 48.5 Å². The third-order valence-corrected chi connectivity index (χ3v) is 3.99. The Labute approximate surface area is 154 Å². The van der Waals surface area contributed by atoms with Crippen molar-refractivity contribution in [2.24, 2.45) is 0 Å². The minimum absolute atomic E-state index is 0.198. The molecule has 0 saturated heterocycles. The minimum Gasteiger partial charge on any atom is -0.480 e. The number of nitrogens with one attached hydrogen (secondary N) is 2. The van der Waals surface area contributed by atoms with E-state index in [2.05, 4.69) is 10.6 Å². The van der Waals surface area contributed by atoms with Gasteiger partial charge in [-0.2, -0.15) is 0 Å². The van der Waals surface area contributed by atoms with Crippen LogP contribution in [0.2, 0.25) is 0 Å². The molecule has 2 aromatic rings. The van der Waals surface area contributed by atoms with E-state index < -0.39 is 6.10 Å². The van der Waals surface area contributed by atoms with Gasteiger partial charge in [0.05, 0.1) is 11.3 Å². The van der Waals surface area contributed by atoms with Gasteiger partial charge < -0.3 is 15.4 Å². The van der Waals surface area contributed by atoms with E-state index in [4.69, 9.17) is 4.74 Å². The second kappa shape index (κ2) is 9.61. The molecule has 0 heterocycles. The number of benzene rings is 2. The fraction of sp³-hybridized carbons (Fsp3) is 0.333. The van der Waals surface area contributed by atoms with Gasteiger partial charge in [-0.3, -0.25) is 9.59 Å². The van der Waals surface area contributed by atoms with Gasteiger partial charge in [0.15, 0.2) is 6.10 Å². The molecule has 2 amide bonds. The minimum atomic E-state index is -0.636. The third kappa shape index (κ3) is 5.09. The van der Waals surface area contributed by atoms with Crippen LogP contribution in [0.3, 0.4) is 0 Å². The van der Waals surface area contributed by atoms with Crippen molar-refractivity contribution < 1.29 is 14.3 Å². The quantitative estimate of drug-likeness (QED) is 0.755. The van der Waals surface area contributed by atoms with Crippen LogP contribution in [0, 0.1) is 6.92 Å². The molecule has 2 N–H and O–H groups in total. The van der Waals surface area contributed by atoms with Gasteiger partial charge in [0.1, 0.15) is 5.75 Å². The smallest absolute Gasteiger partial charge is 0.265 e. The molecular formula is C21H26N2O3. The number of carbonyl (C=O) groups excluding carboxylic acids is 2. The molecule has 0 aliphatic carbocycles. The summed E-state index contributed by atoms with van der Waals surface area (Å²) in [6.07, 6.45) is 0.732. The highest BCUT2D eigenvalue weighted by atomic mass is 16.5. The van der Waals surface area contributed by atoms with Crippen molar-refractivity contribution >= 4 is 17.5 Å². The summed E-state index contributed by atoms with van der Waals surface area (Å²) < 4.78 is 5.88. The lowest BCUT2D eigenvalue weighted by Gasteiger charge is -2.19. The second-order valence-corrected chi connectivity index (χ2v) is 6.07. The van der Waals surface area contributed by atoms with E-state index in [0.29, 0.717) is 30.0 Å². The zero-order chi connectivity index (χ0) is 18.9. The summed E-state index contributed by atoms with van der Waals surface area (Å²) in [4.78, 5) is 25.0. The summed E-state index contributed by atoms with van der Waals surface area (Å²) in [5.74, 6) is 0.214. The number of amides is 2. The van der Waals surface area contributed by atoms with Gasteiger partial charge in [-0.15, -0.1) is 0 Å². The molecule has 0 bridgehead atoms. The van der Waals surface area contributed by atoms with Crippen LogP contribution in [0.5, 0.6) is 5.75 Å². The summed E-state index contributed by atoms with van der Waals surface area (Å²) in [5, 5.41) is 5.67. The fourth-order valence-corrected chi connectivity index (χ4v) is 2.50. The maximum atomic E-state index is 12.7. The largest absolute Gasteiger partial charge is 0.480 e. The van der Waals surface area contributed by atoms with Crippen LogP contribution >= 0.6 is 0 Å². The lowest BCUT2D eigenvalue weighted by Crippen LogP contribution is -2.33. The van der Waals surface area contributed by atoms with E-state index in [0.717, 1.165) is 12.0 Å². The van der Waals surface area contributed by atoms with Crippen molar-refractivity contribution in [3.8, 4) is 5.75 Å². The number of carbonyl (C=O) groups is 2. The summed E-state index contributed by atoms with van der Waals surface area (Å²) in [7, 11) is 0. The van der Waals surface area contributed by atoms with Gasteiger partial charge in [0.2, 0.25) is 0 Å². The van der Waals surface area contributed by atoms with Gasteiger partial charge in [0, 0.05) is 6.54 Å². The number of rotatable bonds is 8. The summed E-state index contributed by atoms with van der Waals surface area (Å²) in [5.41, 5.74) is 1.90. The fourth-order valence-electron chi connectivity index (χ4n) is 2.50. The Kier molecular flexibility index (Phi) is 7.21. The molecule has 2 rings (SSSR count). The SMILES string of the molecule is CCCNC(=O)c1ccccc1NC(=O)[C@H](CC)Oc1ccccc1C. The van der Waals surface area contributed by atoms with Crippen molar-refractivity contribution in [2.45, 2.75) is 39.7 Å². The number of para-hydroxylation sites is 2. The zero-order valence-electron chi connectivity index (χ0n) is 15.5. The number of ether oxygens (including phenoxy) is 1. The highest BCUT2D eigenvalue weighted by Crippen LogP contribution is 2.20. The normalized spacial score (nSPS) is 11.5. The van der Waals surface area contributed by atoms with Crippen LogP contribution in [-0.2, 0) is 4.79 Å². The summed E-state index contributed by atoms with van der Waals surface area (Å²) in [6, 6.07) is 14.6. The molecule has 5 heteroatoms. The summed E-state index contributed by atoms with van der Waals surface area (Å²) in [6.45, 7) is 6.41. The maximum absolute atomic E-state index is 12.7. The molecule has 0 radical (unpaired) electrons. The average Bonchev–Trinajstić information content (AvgIpc) is 2.65. The van der Waals surface area contributed by atoms with E-state index in [-0.39, 0.29) is 11.8 Å². The molecule has 0 saturated carbocycles. The van der Waals surface area contributed by atoms with Crippen LogP contribution in [-0.4, -0.2) is 24.5 Å². The molecule has 0 aliphatic rings. The van der Waals surface area contributed by atoms with Gasteiger partial charge in [-0.1, -0.05) is 44.2 Å². The molecule has 2 aromatic carbocycles. The lowest BCUT2D eigenvalue weighted by molar-refractivity contribution is -0.122. The van der Waals surface area contributed by atoms with Crippen LogP contribution in [0.4, 0.5) is 5.69 Å². The monoisotopic (exact) mass is 354 g/mol. The Morgan fingerprint density at radius 2 is 1.73 bits per heavy atom. The highest BCUT2D eigenvalue weighted by Gasteiger charge is 2.21. The molecule has 0 fully saturated rings. The first-order valence-electron chi connectivity index (χ1n) is 8.97. The molecule has 26 heavy (non-hydrogen) atoms. The van der Waals surface area contributed by atoms with Crippen molar-refractivity contribution in [1.29, 1.82) is 0 Å². The predicted octanol–water partition coefficient (Wildman–Crippen LogP) is 3.93. The zero-order valence-corrected chi connectivity index (χ0v) is 15.5. The number of anilines is 1. The van der Waals surface area contributed by atoms with E-state index in [1.54, 1.807) is 24.3 Å². The van der Waals surface area contributed by atoms with E-state index in [1.165, 1.54) is 0 Å². The Bertz CT molecular complexity index is 758. The molecule has 0 spiro atoms. The topological polar surface area (TPSA) is 67.4 Å². The van der Waals surface area contributed by atoms with E-state index >= 15 is 0 Å². The van der Waals surface area contributed by atoms with Crippen molar-refractivity contribution in [3.63, 3.8) is 0 Å². The summed E-state index contributed by atoms with van der Waals surface area (Å²) >= 11 is 0. The van der Waals surface area contributed by atoms with Gasteiger partial charge in [-0.05, 0) is 43.5 Å². The van der Waals surface area contributed by atoms with Crippen molar-refractivity contribution in [2.75, 3.05) is 11.9 Å². The Morgan fingerprint density at radius 1 is 1.04 bits per heavy atom. The van der Waals surface area contributed by atoms with Crippen LogP contribution < -0.4 is 15.4 Å². The molecular weight excluding hydrogens is 328 g/mol. The van der Waals surface area contributed by atoms with E-state index in [1.807, 2.05) is 45.0 Å². The first kappa shape index (κ1) is 19.5. The average molecular weight is 354 g/mol. The molecule has 5 nitrogen and oxygen atoms in total. The van der Waals surface area contributed by atoms with Crippen LogP contribution in [0.25, 0.3) is 0 Å². The molecule has 0 aliphatic heterocycles. The lowest BCUT2D eigenvalue weighted by atomic mass is 10.1. The highest BCUT2D eigenvalue weighted by molar-refractivity contribution is 6.04. The van der Waals surface area contributed by atoms with Gasteiger partial charge in [0.25, 0.3) is 11.8 Å². The van der Waals surface area contributed by atoms with Crippen molar-refractivity contribution in [1.82, 2.24) is 5.32 Å². The van der Waals surface area contributed by atoms with Crippen LogP contribution in [0.1, 0.15) is 42.6 Å². The van der Waals surface area contributed by atoms with E-state index in [9.17, 15) is 9.59 Å². The molecule has 0 unspecified atom stereocenters. The number of hydrogen-bond donors (Lipinski definition) is 2. The predicted molar refractivity (Wildman–Crippen MR) is 104 cm³/mol. The number of hydrogen-bond acceptors (Lipinski definition) is 3. The Morgan fingerprint density at radius 3 is 2.42 bits per heavy atom. The maximum Gasteiger partial charge on any atom is 0.265 e. The second-order valence-electron chi connectivity index (χ2n) is 6.07. The Hall–Kier alpha value is -2.82. The molecule has 1 atom stereocenters. The van der Waals surface area contributed by atoms with Gasteiger partial charge in [-0.25, -0.2) is 0 Å². The third-order valence-electron chi connectivity index (χ3n) is 3.99. The molecule has 138 valence electrons. The Balaban J connectivity index is 2.13. The number of aryl methyl sites for hydroxylation is 1. The first-order chi connectivity index (χ1) is 12.6. The van der Waals surface area contributed by atoms with Gasteiger partial charge >= 0.3 is 0 Å². The van der Waals surface area contributed by atoms with Crippen molar-refractivity contribution in [3.05, 3.63) is 59.7 Å².